The maximum atomic E-state index is 10.0. The number of benzene rings is 1. The van der Waals surface area contributed by atoms with Gasteiger partial charge in [0, 0.05) is 5.02 Å². The molecule has 1 aromatic rings. The lowest BCUT2D eigenvalue weighted by Crippen LogP contribution is -2.28. The van der Waals surface area contributed by atoms with Crippen LogP contribution < -0.4 is 49.8 Å². The minimum absolute atomic E-state index is 0. The Morgan fingerprint density at radius 2 is 1.17 bits per heavy atom. The van der Waals surface area contributed by atoms with Crippen molar-refractivity contribution in [3.8, 4) is 5.75 Å². The second kappa shape index (κ2) is 29.0. The highest BCUT2D eigenvalue weighted by atomic mass is 35.5. The summed E-state index contributed by atoms with van der Waals surface area (Å²) in [6.07, 6.45) is -1.25. The van der Waals surface area contributed by atoms with Crippen molar-refractivity contribution in [2.75, 3.05) is 6.61 Å². The second-order valence-corrected chi connectivity index (χ2v) is 6.23. The number of aliphatic carboxylic acids is 1. The molecule has 0 spiro atoms. The van der Waals surface area contributed by atoms with Gasteiger partial charge in [0.05, 0.1) is 11.0 Å². The summed E-state index contributed by atoms with van der Waals surface area (Å²) in [5, 5.41) is 39.4. The molecule has 0 radical (unpaired) electrons. The van der Waals surface area contributed by atoms with Gasteiger partial charge in [0.1, 0.15) is 12.4 Å². The van der Waals surface area contributed by atoms with Crippen LogP contribution in [0.4, 0.5) is 0 Å². The Labute approximate surface area is 184 Å². The van der Waals surface area contributed by atoms with Crippen LogP contribution in [0.3, 0.4) is 0 Å². The van der Waals surface area contributed by atoms with Crippen molar-refractivity contribution in [1.29, 1.82) is 0 Å². The molecule has 0 unspecified atom stereocenters. The van der Waals surface area contributed by atoms with E-state index >= 15 is 0 Å². The van der Waals surface area contributed by atoms with Crippen LogP contribution in [0, 0.1) is 0 Å². The number of halogens is 2. The number of quaternary nitrogens is 4. The minimum atomic E-state index is -1.30. The molecule has 1 rings (SSSR count). The first-order chi connectivity index (χ1) is 11.3. The fraction of sp³-hybridized carbons (Fsp3) is 0.588. The molecule has 16 N–H and O–H groups in total. The number of carboxylic acid groups (broad SMARTS) is 1. The van der Waals surface area contributed by atoms with Gasteiger partial charge in [-0.3, -0.25) is 0 Å². The maximum Gasteiger partial charge on any atom is 0.138 e. The first kappa shape index (κ1) is 46.1. The highest BCUT2D eigenvalue weighted by Crippen LogP contribution is 2.27. The third-order valence-corrected chi connectivity index (χ3v) is 1.77. The van der Waals surface area contributed by atoms with E-state index in [-0.39, 0.29) is 35.4 Å². The van der Waals surface area contributed by atoms with E-state index in [1.54, 1.807) is 47.6 Å². The summed E-state index contributed by atoms with van der Waals surface area (Å²) >= 11 is 11.3. The van der Waals surface area contributed by atoms with Crippen molar-refractivity contribution in [2.45, 2.75) is 59.9 Å². The molecule has 1 aromatic carbocycles. The normalized spacial score (nSPS) is 8.07. The van der Waals surface area contributed by atoms with Crippen molar-refractivity contribution in [1.82, 2.24) is 24.6 Å². The summed E-state index contributed by atoms with van der Waals surface area (Å²) < 4.78 is 4.80. The Morgan fingerprint density at radius 3 is 1.41 bits per heavy atom. The number of carboxylic acids is 1. The predicted molar refractivity (Wildman–Crippen MR) is 116 cm³/mol. The van der Waals surface area contributed by atoms with E-state index in [1.165, 1.54) is 12.1 Å². The van der Waals surface area contributed by atoms with Crippen LogP contribution in [0.1, 0.15) is 41.5 Å². The number of carbonyl (C=O) groups is 1. The number of hydrogen-bond donors (Lipinski definition) is 4. The Kier molecular flexibility index (Phi) is 46.1. The van der Waals surface area contributed by atoms with Crippen LogP contribution in [-0.2, 0) is 4.79 Å². The van der Waals surface area contributed by atoms with Gasteiger partial charge in [-0.15, -0.1) is 18.3 Å². The van der Waals surface area contributed by atoms with Gasteiger partial charge in [0.15, 0.2) is 0 Å². The minimum Gasteiger partial charge on any atom is -0.852 e. The molecule has 0 aromatic heterocycles. The summed E-state index contributed by atoms with van der Waals surface area (Å²) in [5.74, 6) is -1.03. The van der Waals surface area contributed by atoms with Crippen LogP contribution in [0.15, 0.2) is 18.2 Å². The van der Waals surface area contributed by atoms with Crippen molar-refractivity contribution in [2.24, 2.45) is 0 Å². The zero-order valence-corrected chi connectivity index (χ0v) is 20.9. The number of rotatable bonds is 3. The lowest BCUT2D eigenvalue weighted by Gasteiger charge is -2.07. The van der Waals surface area contributed by atoms with Gasteiger partial charge >= 0.3 is 0 Å². The van der Waals surface area contributed by atoms with E-state index in [0.717, 1.165) is 0 Å². The Morgan fingerprint density at radius 1 is 0.862 bits per heavy atom. The Bertz CT molecular complexity index is 445. The monoisotopic (exact) mass is 468 g/mol. The average Bonchev–Trinajstić information content (AvgIpc) is 2.35. The summed E-state index contributed by atoms with van der Waals surface area (Å²) in [4.78, 5) is 10.0. The third-order valence-electron chi connectivity index (χ3n) is 1.24. The SMILES string of the molecule is CC(C)[O-].CC(C)[O-].CC(C)[O-].O=C([O-])COc1ccc(Cl)cc1Cl.[NH4+].[NH4+].[NH4+].[NH4+]. The van der Waals surface area contributed by atoms with Crippen LogP contribution in [0.5, 0.6) is 5.75 Å². The first-order valence-corrected chi connectivity index (χ1v) is 8.30. The molecule has 0 amide bonds. The van der Waals surface area contributed by atoms with E-state index in [4.69, 9.17) is 27.9 Å². The predicted octanol–water partition coefficient (Wildman–Crippen LogP) is 1.89. The largest absolute Gasteiger partial charge is 0.852 e. The van der Waals surface area contributed by atoms with Crippen LogP contribution in [0.2, 0.25) is 10.0 Å². The summed E-state index contributed by atoms with van der Waals surface area (Å²) in [7, 11) is 0. The standard InChI is InChI=1S/C8H6Cl2O3.3C3H7O.4H3N/c9-5-1-2-7(6(10)3-5)13-4-8(11)12;3*1-3(2)4;;;;/h1-3H,4H2,(H,11,12);3*3H,1-2H3;4*1H3/q;3*-1;;;;/p+3. The Hall–Kier alpha value is -1.21. The van der Waals surface area contributed by atoms with E-state index in [2.05, 4.69) is 0 Å². The molecular formula is C17H42Cl2N4O6. The lowest BCUT2D eigenvalue weighted by atomic mass is 10.3. The zero-order chi connectivity index (χ0) is 20.6. The van der Waals surface area contributed by atoms with E-state index in [1.807, 2.05) is 0 Å². The van der Waals surface area contributed by atoms with Crippen LogP contribution in [-0.4, -0.2) is 30.9 Å². The fourth-order valence-corrected chi connectivity index (χ4v) is 1.19. The van der Waals surface area contributed by atoms with Gasteiger partial charge in [0.2, 0.25) is 0 Å². The lowest BCUT2D eigenvalue weighted by molar-refractivity contribution is -0.408. The molecule has 0 atom stereocenters. The summed E-state index contributed by atoms with van der Waals surface area (Å²) in [6.45, 7) is 9.14. The van der Waals surface area contributed by atoms with Crippen LogP contribution in [0.25, 0.3) is 0 Å². The molecule has 10 nitrogen and oxygen atoms in total. The molecule has 0 heterocycles. The van der Waals surface area contributed by atoms with Gasteiger partial charge in [0.25, 0.3) is 0 Å². The van der Waals surface area contributed by atoms with E-state index < -0.39 is 30.9 Å². The molecule has 0 fully saturated rings. The third kappa shape index (κ3) is 58.4. The molecule has 0 saturated carbocycles. The number of hydrogen-bond acceptors (Lipinski definition) is 6. The summed E-state index contributed by atoms with van der Waals surface area (Å²) in [6, 6.07) is 4.51. The number of carbonyl (C=O) groups excluding carboxylic acids is 1. The van der Waals surface area contributed by atoms with E-state index in [0.29, 0.717) is 5.02 Å². The maximum absolute atomic E-state index is 10.0. The molecule has 0 saturated heterocycles. The van der Waals surface area contributed by atoms with Crippen molar-refractivity contribution in [3.05, 3.63) is 28.2 Å². The molecular weight excluding hydrogens is 427 g/mol. The van der Waals surface area contributed by atoms with Gasteiger partial charge in [-0.2, -0.15) is 0 Å². The molecule has 0 aliphatic rings. The van der Waals surface area contributed by atoms with Crippen molar-refractivity contribution >= 4 is 29.2 Å². The molecule has 0 aliphatic carbocycles. The molecule has 180 valence electrons. The molecule has 12 heteroatoms. The highest BCUT2D eigenvalue weighted by Gasteiger charge is 2.01. The molecule has 29 heavy (non-hydrogen) atoms. The van der Waals surface area contributed by atoms with Gasteiger partial charge in [-0.05, 0) is 18.2 Å². The summed E-state index contributed by atoms with van der Waals surface area (Å²) in [5.41, 5.74) is 0. The van der Waals surface area contributed by atoms with Gasteiger partial charge in [-0.1, -0.05) is 64.7 Å². The highest BCUT2D eigenvalue weighted by molar-refractivity contribution is 6.35. The van der Waals surface area contributed by atoms with Crippen molar-refractivity contribution < 1.29 is 30.0 Å². The average molecular weight is 469 g/mol. The first-order valence-electron chi connectivity index (χ1n) is 7.54. The quantitative estimate of drug-likeness (QED) is 0.512. The van der Waals surface area contributed by atoms with Crippen LogP contribution >= 0.6 is 23.2 Å². The van der Waals surface area contributed by atoms with Gasteiger partial charge < -0.3 is 54.6 Å². The smallest absolute Gasteiger partial charge is 0.138 e. The van der Waals surface area contributed by atoms with E-state index in [9.17, 15) is 25.2 Å². The molecule has 0 aliphatic heterocycles. The van der Waals surface area contributed by atoms with Gasteiger partial charge in [-0.25, -0.2) is 0 Å². The Balaban J connectivity index is -0.0000000516. The van der Waals surface area contributed by atoms with Crippen molar-refractivity contribution in [3.63, 3.8) is 0 Å². The fourth-order valence-electron chi connectivity index (χ4n) is 0.729. The second-order valence-electron chi connectivity index (χ2n) is 5.38. The molecule has 0 bridgehead atoms. The zero-order valence-electron chi connectivity index (χ0n) is 19.4. The topological polar surface area (TPSA) is 265 Å². The number of ether oxygens (including phenoxy) is 1.